The number of aromatic amines is 2. The van der Waals surface area contributed by atoms with Crippen molar-refractivity contribution in [3.05, 3.63) is 33.2 Å². The number of hydrogen-bond acceptors (Lipinski definition) is 4. The summed E-state index contributed by atoms with van der Waals surface area (Å²) in [7, 11) is 0. The molecular weight excluding hydrogens is 330 g/mol. The van der Waals surface area contributed by atoms with E-state index in [0.717, 1.165) is 0 Å². The van der Waals surface area contributed by atoms with Crippen LogP contribution in [-0.4, -0.2) is 20.0 Å². The zero-order chi connectivity index (χ0) is 19.9. The summed E-state index contributed by atoms with van der Waals surface area (Å²) in [4.78, 5) is 16.4. The van der Waals surface area contributed by atoms with Crippen LogP contribution in [-0.2, 0) is 11.0 Å². The molecule has 0 bridgehead atoms. The molecule has 8 heteroatoms. The van der Waals surface area contributed by atoms with E-state index in [4.69, 9.17) is 6.57 Å². The molecule has 0 aliphatic rings. The Kier molecular flexibility index (Phi) is 4.95. The highest BCUT2D eigenvalue weighted by atomic mass is 16.1. The molecule has 0 aliphatic carbocycles. The van der Waals surface area contributed by atoms with Gasteiger partial charge in [0.25, 0.3) is 11.2 Å². The molecular formula is C18H27N7O. The first-order valence-electron chi connectivity index (χ1n) is 8.61. The van der Waals surface area contributed by atoms with Crippen LogP contribution >= 0.6 is 0 Å². The van der Waals surface area contributed by atoms with Gasteiger partial charge < -0.3 is 0 Å². The number of aromatic nitrogens is 4. The molecule has 0 fully saturated rings. The molecule has 0 spiro atoms. The van der Waals surface area contributed by atoms with Gasteiger partial charge in [-0.1, -0.05) is 34.6 Å². The molecule has 8 nitrogen and oxygen atoms in total. The van der Waals surface area contributed by atoms with Gasteiger partial charge in [-0.3, -0.25) is 15.0 Å². The van der Waals surface area contributed by atoms with Crippen LogP contribution in [0.25, 0.3) is 4.85 Å². The summed E-state index contributed by atoms with van der Waals surface area (Å²) >= 11 is 0. The lowest BCUT2D eigenvalue weighted by atomic mass is 9.91. The van der Waals surface area contributed by atoms with Crippen LogP contribution in [0.3, 0.4) is 0 Å². The van der Waals surface area contributed by atoms with E-state index in [1.807, 2.05) is 55.4 Å². The SMILES string of the molecule is [C-]#[N+]c1c(N=Nc2c(C(C)(C)C)[nH]n(C(C)(C)C)c2=O)n[nH]c1C(C)C. The first-order chi connectivity index (χ1) is 11.9. The Morgan fingerprint density at radius 1 is 1.15 bits per heavy atom. The summed E-state index contributed by atoms with van der Waals surface area (Å²) in [5.74, 6) is 0.317. The summed E-state index contributed by atoms with van der Waals surface area (Å²) in [6.45, 7) is 23.1. The summed E-state index contributed by atoms with van der Waals surface area (Å²) in [6, 6.07) is 0. The second kappa shape index (κ2) is 6.56. The molecule has 0 radical (unpaired) electrons. The third kappa shape index (κ3) is 3.62. The minimum absolute atomic E-state index is 0.117. The van der Waals surface area contributed by atoms with Gasteiger partial charge in [-0.05, 0) is 26.7 Å². The van der Waals surface area contributed by atoms with E-state index in [9.17, 15) is 4.79 Å². The van der Waals surface area contributed by atoms with E-state index >= 15 is 0 Å². The highest BCUT2D eigenvalue weighted by molar-refractivity contribution is 5.66. The topological polar surface area (TPSA) is 95.6 Å². The van der Waals surface area contributed by atoms with Crippen molar-refractivity contribution in [3.63, 3.8) is 0 Å². The van der Waals surface area contributed by atoms with Crippen molar-refractivity contribution in [1.29, 1.82) is 0 Å². The van der Waals surface area contributed by atoms with Crippen LogP contribution in [0, 0.1) is 6.57 Å². The van der Waals surface area contributed by atoms with Crippen molar-refractivity contribution in [2.24, 2.45) is 10.2 Å². The summed E-state index contributed by atoms with van der Waals surface area (Å²) in [6.07, 6.45) is 0. The van der Waals surface area contributed by atoms with Crippen LogP contribution in [0.1, 0.15) is 72.7 Å². The van der Waals surface area contributed by atoms with E-state index in [-0.39, 0.29) is 28.4 Å². The number of azo groups is 1. The molecule has 2 heterocycles. The van der Waals surface area contributed by atoms with Crippen molar-refractivity contribution >= 4 is 17.2 Å². The maximum atomic E-state index is 12.9. The van der Waals surface area contributed by atoms with Gasteiger partial charge in [0.1, 0.15) is 0 Å². The first-order valence-corrected chi connectivity index (χ1v) is 8.61. The molecule has 2 N–H and O–H groups in total. The molecule has 0 atom stereocenters. The third-order valence-corrected chi connectivity index (χ3v) is 3.97. The van der Waals surface area contributed by atoms with E-state index in [0.29, 0.717) is 17.1 Å². The highest BCUT2D eigenvalue weighted by Gasteiger charge is 2.28. The van der Waals surface area contributed by atoms with E-state index in [1.54, 1.807) is 4.68 Å². The molecule has 0 amide bonds. The van der Waals surface area contributed by atoms with Crippen LogP contribution in [0.2, 0.25) is 0 Å². The summed E-state index contributed by atoms with van der Waals surface area (Å²) < 4.78 is 1.56. The van der Waals surface area contributed by atoms with Gasteiger partial charge in [-0.25, -0.2) is 9.53 Å². The van der Waals surface area contributed by atoms with Gasteiger partial charge in [0, 0.05) is 11.1 Å². The summed E-state index contributed by atoms with van der Waals surface area (Å²) in [5, 5.41) is 18.4. The second-order valence-electron chi connectivity index (χ2n) is 8.67. The monoisotopic (exact) mass is 357 g/mol. The number of hydrogen-bond donors (Lipinski definition) is 2. The van der Waals surface area contributed by atoms with Gasteiger partial charge in [0.15, 0.2) is 5.69 Å². The third-order valence-electron chi connectivity index (χ3n) is 3.97. The quantitative estimate of drug-likeness (QED) is 0.594. The largest absolute Gasteiger partial charge is 0.296 e. The van der Waals surface area contributed by atoms with Crippen molar-refractivity contribution < 1.29 is 0 Å². The Bertz CT molecular complexity index is 921. The molecule has 0 aromatic carbocycles. The molecule has 26 heavy (non-hydrogen) atoms. The van der Waals surface area contributed by atoms with Gasteiger partial charge >= 0.3 is 0 Å². The molecule has 2 aromatic rings. The van der Waals surface area contributed by atoms with E-state index < -0.39 is 5.54 Å². The maximum Gasteiger partial charge on any atom is 0.295 e. The minimum Gasteiger partial charge on any atom is -0.296 e. The molecule has 2 rings (SSSR count). The second-order valence-corrected chi connectivity index (χ2v) is 8.67. The Labute approximate surface area is 153 Å². The van der Waals surface area contributed by atoms with Crippen molar-refractivity contribution in [2.45, 2.75) is 72.3 Å². The Balaban J connectivity index is 2.60. The van der Waals surface area contributed by atoms with E-state index in [1.165, 1.54) is 0 Å². The van der Waals surface area contributed by atoms with Gasteiger partial charge in [0.05, 0.1) is 17.8 Å². The smallest absolute Gasteiger partial charge is 0.295 e. The van der Waals surface area contributed by atoms with Crippen LogP contribution < -0.4 is 5.56 Å². The standard InChI is InChI=1S/C18H27N7O/c1-10(2)11-12(19-9)15(22-20-11)23-21-13-14(17(3,4)5)24-25(16(13)26)18(6,7)8/h10,24H,1-8H3,(H,20,22). The van der Waals surface area contributed by atoms with Gasteiger partial charge in [0.2, 0.25) is 5.82 Å². The molecule has 0 saturated heterocycles. The van der Waals surface area contributed by atoms with Gasteiger partial charge in [-0.2, -0.15) is 5.10 Å². The lowest BCUT2D eigenvalue weighted by molar-refractivity contribution is 0.339. The average molecular weight is 357 g/mol. The predicted octanol–water partition coefficient (Wildman–Crippen LogP) is 5.04. The zero-order valence-electron chi connectivity index (χ0n) is 16.7. The van der Waals surface area contributed by atoms with Crippen LogP contribution in [0.4, 0.5) is 17.2 Å². The predicted molar refractivity (Wildman–Crippen MR) is 102 cm³/mol. The number of nitrogens with one attached hydrogen (secondary N) is 2. The zero-order valence-corrected chi connectivity index (χ0v) is 16.7. The van der Waals surface area contributed by atoms with Crippen LogP contribution in [0.15, 0.2) is 15.0 Å². The number of nitrogens with zero attached hydrogens (tertiary/aromatic N) is 5. The Morgan fingerprint density at radius 2 is 1.77 bits per heavy atom. The van der Waals surface area contributed by atoms with Crippen LogP contribution in [0.5, 0.6) is 0 Å². The fraction of sp³-hybridized carbons (Fsp3) is 0.611. The Morgan fingerprint density at radius 3 is 2.23 bits per heavy atom. The average Bonchev–Trinajstić information content (AvgIpc) is 3.04. The van der Waals surface area contributed by atoms with Crippen molar-refractivity contribution in [3.8, 4) is 0 Å². The first kappa shape index (κ1) is 19.6. The summed E-state index contributed by atoms with van der Waals surface area (Å²) in [5.41, 5.74) is 1.03. The van der Waals surface area contributed by atoms with Crippen molar-refractivity contribution in [2.75, 3.05) is 0 Å². The highest BCUT2D eigenvalue weighted by Crippen LogP contribution is 2.35. The molecule has 0 aliphatic heterocycles. The molecule has 2 aromatic heterocycles. The minimum atomic E-state index is -0.413. The maximum absolute atomic E-state index is 12.9. The fourth-order valence-corrected chi connectivity index (χ4v) is 2.54. The number of H-pyrrole nitrogens is 2. The fourth-order valence-electron chi connectivity index (χ4n) is 2.54. The number of rotatable bonds is 3. The Hall–Kier alpha value is -2.69. The molecule has 140 valence electrons. The van der Waals surface area contributed by atoms with Gasteiger partial charge in [-0.15, -0.1) is 10.2 Å². The molecule has 0 unspecified atom stereocenters. The lowest BCUT2D eigenvalue weighted by Gasteiger charge is -2.21. The van der Waals surface area contributed by atoms with Crippen molar-refractivity contribution in [1.82, 2.24) is 20.0 Å². The van der Waals surface area contributed by atoms with E-state index in [2.05, 4.69) is 30.4 Å². The molecule has 0 saturated carbocycles. The normalized spacial score (nSPS) is 12.9. The lowest BCUT2D eigenvalue weighted by Crippen LogP contribution is -2.32.